The summed E-state index contributed by atoms with van der Waals surface area (Å²) in [6.45, 7) is 9.88. The molecular weight excluding hydrogens is 359 g/mol. The molecule has 0 bridgehead atoms. The first kappa shape index (κ1) is 21.9. The van der Waals surface area contributed by atoms with Gasteiger partial charge < -0.3 is 19.8 Å². The molecule has 0 saturated carbocycles. The summed E-state index contributed by atoms with van der Waals surface area (Å²) >= 11 is 0. The molecule has 0 saturated heterocycles. The lowest BCUT2D eigenvalue weighted by Gasteiger charge is -2.11. The molecule has 2 N–H and O–H groups in total. The minimum Gasteiger partial charge on any atom is -0.444 e. The summed E-state index contributed by atoms with van der Waals surface area (Å²) in [6, 6.07) is 6.10. The van der Waals surface area contributed by atoms with Crippen LogP contribution >= 0.6 is 0 Å². The van der Waals surface area contributed by atoms with Gasteiger partial charge in [0.1, 0.15) is 12.1 Å². The normalized spacial score (nSPS) is 11.8. The third kappa shape index (κ3) is 8.08. The Bertz CT molecular complexity index is 713. The number of rotatable bonds is 11. The van der Waals surface area contributed by atoms with Crippen molar-refractivity contribution >= 4 is 5.96 Å². The number of hydrogen-bond donors (Lipinski definition) is 2. The van der Waals surface area contributed by atoms with Crippen molar-refractivity contribution in [2.75, 3.05) is 32.8 Å². The van der Waals surface area contributed by atoms with Crippen LogP contribution in [0.4, 0.5) is 4.39 Å². The molecule has 6 nitrogen and oxygen atoms in total. The quantitative estimate of drug-likeness (QED) is 0.348. The predicted molar refractivity (Wildman–Crippen MR) is 110 cm³/mol. The lowest BCUT2D eigenvalue weighted by molar-refractivity contribution is 0.130. The zero-order chi connectivity index (χ0) is 20.2. The number of guanidine groups is 1. The first-order chi connectivity index (χ1) is 13.6. The number of aliphatic imine (C=N–C) groups is 1. The molecule has 0 radical (unpaired) electrons. The summed E-state index contributed by atoms with van der Waals surface area (Å²) in [7, 11) is 0. The molecule has 7 heteroatoms. The molecule has 1 aromatic heterocycles. The number of oxazole rings is 1. The highest BCUT2D eigenvalue weighted by Gasteiger charge is 2.07. The van der Waals surface area contributed by atoms with Gasteiger partial charge in [-0.05, 0) is 43.5 Å². The van der Waals surface area contributed by atoms with Gasteiger partial charge >= 0.3 is 0 Å². The van der Waals surface area contributed by atoms with E-state index in [1.807, 2.05) is 6.92 Å². The molecule has 0 amide bonds. The van der Waals surface area contributed by atoms with E-state index < -0.39 is 0 Å². The maximum absolute atomic E-state index is 13.0. The van der Waals surface area contributed by atoms with E-state index in [2.05, 4.69) is 34.5 Å². The van der Waals surface area contributed by atoms with Crippen molar-refractivity contribution in [2.45, 2.75) is 33.6 Å². The van der Waals surface area contributed by atoms with Crippen LogP contribution in [-0.2, 0) is 11.2 Å². The fraction of sp³-hybridized carbons (Fsp3) is 0.524. The Labute approximate surface area is 166 Å². The van der Waals surface area contributed by atoms with Crippen molar-refractivity contribution in [2.24, 2.45) is 10.9 Å². The van der Waals surface area contributed by atoms with E-state index in [4.69, 9.17) is 9.15 Å². The molecule has 2 rings (SSSR count). The SMILES string of the molecule is CCNC(=NCCOCCC(C)C)NCCc1coc(-c2ccc(F)cc2)n1. The topological polar surface area (TPSA) is 71.7 Å². The van der Waals surface area contributed by atoms with Crippen molar-refractivity contribution < 1.29 is 13.5 Å². The van der Waals surface area contributed by atoms with E-state index in [1.165, 1.54) is 12.1 Å². The average Bonchev–Trinajstić information content (AvgIpc) is 3.13. The summed E-state index contributed by atoms with van der Waals surface area (Å²) in [5.74, 6) is 1.63. The third-order valence-corrected chi connectivity index (χ3v) is 4.01. The standard InChI is InChI=1S/C21H31FN4O2/c1-4-23-21(25-12-14-27-13-10-16(2)3)24-11-9-19-15-28-20(26-19)17-5-7-18(22)8-6-17/h5-8,15-16H,4,9-14H2,1-3H3,(H2,23,24,25). The van der Waals surface area contributed by atoms with E-state index in [0.29, 0.717) is 37.9 Å². The van der Waals surface area contributed by atoms with E-state index >= 15 is 0 Å². The van der Waals surface area contributed by atoms with Gasteiger partial charge in [-0.1, -0.05) is 13.8 Å². The number of nitrogens with zero attached hydrogens (tertiary/aromatic N) is 2. The number of ether oxygens (including phenoxy) is 1. The first-order valence-corrected chi connectivity index (χ1v) is 9.88. The smallest absolute Gasteiger partial charge is 0.226 e. The van der Waals surface area contributed by atoms with Gasteiger partial charge in [-0.3, -0.25) is 4.99 Å². The Morgan fingerprint density at radius 1 is 1.21 bits per heavy atom. The average molecular weight is 391 g/mol. The molecule has 1 heterocycles. The lowest BCUT2D eigenvalue weighted by atomic mass is 10.1. The largest absolute Gasteiger partial charge is 0.444 e. The molecule has 28 heavy (non-hydrogen) atoms. The second-order valence-electron chi connectivity index (χ2n) is 6.88. The van der Waals surface area contributed by atoms with E-state index in [9.17, 15) is 4.39 Å². The minimum atomic E-state index is -0.278. The molecule has 0 aliphatic rings. The minimum absolute atomic E-state index is 0.278. The van der Waals surface area contributed by atoms with Crippen LogP contribution in [0.25, 0.3) is 11.5 Å². The monoisotopic (exact) mass is 390 g/mol. The molecular formula is C21H31FN4O2. The molecule has 0 aliphatic carbocycles. The maximum Gasteiger partial charge on any atom is 0.226 e. The maximum atomic E-state index is 13.0. The number of nitrogens with one attached hydrogen (secondary N) is 2. The second-order valence-corrected chi connectivity index (χ2v) is 6.88. The number of aromatic nitrogens is 1. The third-order valence-electron chi connectivity index (χ3n) is 4.01. The molecule has 1 aromatic carbocycles. The number of halogens is 1. The summed E-state index contributed by atoms with van der Waals surface area (Å²) in [5, 5.41) is 6.51. The van der Waals surface area contributed by atoms with Crippen molar-refractivity contribution in [1.82, 2.24) is 15.6 Å². The molecule has 0 unspecified atom stereocenters. The van der Waals surface area contributed by atoms with Crippen LogP contribution in [0.2, 0.25) is 0 Å². The van der Waals surface area contributed by atoms with Crippen LogP contribution in [0.1, 0.15) is 32.9 Å². The summed E-state index contributed by atoms with van der Waals surface area (Å²) in [5.41, 5.74) is 1.59. The highest BCUT2D eigenvalue weighted by molar-refractivity contribution is 5.79. The van der Waals surface area contributed by atoms with Crippen LogP contribution in [0.3, 0.4) is 0 Å². The van der Waals surface area contributed by atoms with Gasteiger partial charge in [-0.15, -0.1) is 0 Å². The van der Waals surface area contributed by atoms with Crippen LogP contribution in [0, 0.1) is 11.7 Å². The van der Waals surface area contributed by atoms with Gasteiger partial charge in [0.25, 0.3) is 0 Å². The van der Waals surface area contributed by atoms with E-state index in [-0.39, 0.29) is 5.82 Å². The van der Waals surface area contributed by atoms with Gasteiger partial charge in [-0.25, -0.2) is 9.37 Å². The van der Waals surface area contributed by atoms with Crippen LogP contribution in [0.15, 0.2) is 39.9 Å². The van der Waals surface area contributed by atoms with E-state index in [1.54, 1.807) is 18.4 Å². The summed E-state index contributed by atoms with van der Waals surface area (Å²) in [6.07, 6.45) is 3.40. The van der Waals surface area contributed by atoms with Gasteiger partial charge in [0.2, 0.25) is 5.89 Å². The molecule has 0 fully saturated rings. The number of benzene rings is 1. The molecule has 2 aromatic rings. The van der Waals surface area contributed by atoms with Gasteiger partial charge in [0.05, 0.1) is 18.8 Å². The zero-order valence-electron chi connectivity index (χ0n) is 17.0. The van der Waals surface area contributed by atoms with Crippen molar-refractivity contribution in [3.05, 3.63) is 42.0 Å². The van der Waals surface area contributed by atoms with Crippen LogP contribution < -0.4 is 10.6 Å². The summed E-state index contributed by atoms with van der Waals surface area (Å²) < 4.78 is 24.1. The Hall–Kier alpha value is -2.41. The van der Waals surface area contributed by atoms with Crippen molar-refractivity contribution in [1.29, 1.82) is 0 Å². The molecule has 154 valence electrons. The fourth-order valence-corrected chi connectivity index (χ4v) is 2.44. The van der Waals surface area contributed by atoms with E-state index in [0.717, 1.165) is 36.8 Å². The Morgan fingerprint density at radius 3 is 2.71 bits per heavy atom. The van der Waals surface area contributed by atoms with Gasteiger partial charge in [0.15, 0.2) is 5.96 Å². The highest BCUT2D eigenvalue weighted by Crippen LogP contribution is 2.18. The van der Waals surface area contributed by atoms with Crippen molar-refractivity contribution in [3.8, 4) is 11.5 Å². The lowest BCUT2D eigenvalue weighted by Crippen LogP contribution is -2.38. The fourth-order valence-electron chi connectivity index (χ4n) is 2.44. The predicted octanol–water partition coefficient (Wildman–Crippen LogP) is 3.64. The Kier molecular flexibility index (Phi) is 9.48. The number of hydrogen-bond acceptors (Lipinski definition) is 4. The molecule has 0 spiro atoms. The Morgan fingerprint density at radius 2 is 2.00 bits per heavy atom. The van der Waals surface area contributed by atoms with Gasteiger partial charge in [-0.2, -0.15) is 0 Å². The zero-order valence-corrected chi connectivity index (χ0v) is 17.0. The summed E-state index contributed by atoms with van der Waals surface area (Å²) in [4.78, 5) is 8.97. The van der Waals surface area contributed by atoms with Crippen molar-refractivity contribution in [3.63, 3.8) is 0 Å². The molecule has 0 aliphatic heterocycles. The van der Waals surface area contributed by atoms with Crippen LogP contribution in [-0.4, -0.2) is 43.8 Å². The van der Waals surface area contributed by atoms with Crippen LogP contribution in [0.5, 0.6) is 0 Å². The van der Waals surface area contributed by atoms with Gasteiger partial charge in [0, 0.05) is 31.7 Å². The Balaban J connectivity index is 1.74. The highest BCUT2D eigenvalue weighted by atomic mass is 19.1. The molecule has 0 atom stereocenters. The second kappa shape index (κ2) is 12.1. The first-order valence-electron chi connectivity index (χ1n) is 9.88.